The Labute approximate surface area is 148 Å². The summed E-state index contributed by atoms with van der Waals surface area (Å²) < 4.78 is 5.52. The van der Waals surface area contributed by atoms with E-state index in [0.717, 1.165) is 37.9 Å². The first-order valence-electron chi connectivity index (χ1n) is 9.00. The smallest absolute Gasteiger partial charge is 0.317 e. The third-order valence-electron chi connectivity index (χ3n) is 4.84. The van der Waals surface area contributed by atoms with Gasteiger partial charge in [-0.25, -0.2) is 9.78 Å². The predicted octanol–water partition coefficient (Wildman–Crippen LogP) is 1.93. The molecule has 0 bridgehead atoms. The van der Waals surface area contributed by atoms with Gasteiger partial charge < -0.3 is 20.3 Å². The van der Waals surface area contributed by atoms with E-state index in [1.54, 1.807) is 11.1 Å². The SMILES string of the molecule is Cc1cccnc1NC(=O)[C@@H]1CCCN(C(=O)NC[C@H]2CCCO2)C1. The van der Waals surface area contributed by atoms with Crippen LogP contribution in [0.2, 0.25) is 0 Å². The number of rotatable bonds is 4. The molecule has 136 valence electrons. The number of nitrogens with zero attached hydrogens (tertiary/aromatic N) is 2. The molecule has 2 saturated heterocycles. The van der Waals surface area contributed by atoms with E-state index < -0.39 is 0 Å². The molecule has 0 aromatic carbocycles. The number of amides is 3. The van der Waals surface area contributed by atoms with E-state index in [0.29, 0.717) is 25.5 Å². The molecule has 1 aromatic heterocycles. The fourth-order valence-corrected chi connectivity index (χ4v) is 3.33. The highest BCUT2D eigenvalue weighted by Crippen LogP contribution is 2.19. The Morgan fingerprint density at radius 1 is 1.36 bits per heavy atom. The molecule has 0 saturated carbocycles. The quantitative estimate of drug-likeness (QED) is 0.872. The van der Waals surface area contributed by atoms with Gasteiger partial charge in [0.2, 0.25) is 5.91 Å². The number of aromatic nitrogens is 1. The van der Waals surface area contributed by atoms with Crippen molar-refractivity contribution >= 4 is 17.8 Å². The minimum absolute atomic E-state index is 0.0709. The fourth-order valence-electron chi connectivity index (χ4n) is 3.33. The summed E-state index contributed by atoms with van der Waals surface area (Å²) in [6, 6.07) is 3.64. The average molecular weight is 346 g/mol. The van der Waals surface area contributed by atoms with Gasteiger partial charge in [-0.05, 0) is 44.2 Å². The van der Waals surface area contributed by atoms with E-state index in [2.05, 4.69) is 15.6 Å². The second kappa shape index (κ2) is 8.29. The summed E-state index contributed by atoms with van der Waals surface area (Å²) in [6.45, 7) is 4.35. The second-order valence-corrected chi connectivity index (χ2v) is 6.76. The van der Waals surface area contributed by atoms with Crippen molar-refractivity contribution in [3.8, 4) is 0 Å². The van der Waals surface area contributed by atoms with Gasteiger partial charge in [0, 0.05) is 32.4 Å². The van der Waals surface area contributed by atoms with Gasteiger partial charge in [0.25, 0.3) is 0 Å². The normalized spacial score (nSPS) is 23.3. The Morgan fingerprint density at radius 2 is 2.24 bits per heavy atom. The predicted molar refractivity (Wildman–Crippen MR) is 94.3 cm³/mol. The lowest BCUT2D eigenvalue weighted by molar-refractivity contribution is -0.121. The van der Waals surface area contributed by atoms with Crippen LogP contribution >= 0.6 is 0 Å². The van der Waals surface area contributed by atoms with Gasteiger partial charge in [0.15, 0.2) is 0 Å². The van der Waals surface area contributed by atoms with Crippen molar-refractivity contribution < 1.29 is 14.3 Å². The first-order valence-corrected chi connectivity index (χ1v) is 9.00. The van der Waals surface area contributed by atoms with E-state index in [1.807, 2.05) is 19.1 Å². The van der Waals surface area contributed by atoms with Crippen LogP contribution in [0.25, 0.3) is 0 Å². The lowest BCUT2D eigenvalue weighted by Crippen LogP contribution is -2.49. The summed E-state index contributed by atoms with van der Waals surface area (Å²) in [5, 5.41) is 5.82. The van der Waals surface area contributed by atoms with Gasteiger partial charge in [-0.1, -0.05) is 6.07 Å². The number of nitrogens with one attached hydrogen (secondary N) is 2. The van der Waals surface area contributed by atoms with Crippen LogP contribution in [0.1, 0.15) is 31.2 Å². The van der Waals surface area contributed by atoms with Crippen molar-refractivity contribution in [1.29, 1.82) is 0 Å². The number of pyridine rings is 1. The van der Waals surface area contributed by atoms with Gasteiger partial charge in [0.1, 0.15) is 5.82 Å². The van der Waals surface area contributed by atoms with Crippen molar-refractivity contribution in [2.24, 2.45) is 5.92 Å². The monoisotopic (exact) mass is 346 g/mol. The average Bonchev–Trinajstić information content (AvgIpc) is 3.15. The zero-order valence-corrected chi connectivity index (χ0v) is 14.7. The molecule has 3 rings (SSSR count). The standard InChI is InChI=1S/C18H26N4O3/c1-13-5-2-8-19-16(13)21-17(23)14-6-3-9-22(12-14)18(24)20-11-15-7-4-10-25-15/h2,5,8,14-15H,3-4,6-7,9-12H2,1H3,(H,20,24)(H,19,21,23)/t14-,15-/m1/s1. The molecule has 3 amide bonds. The van der Waals surface area contributed by atoms with Crippen LogP contribution in [-0.4, -0.2) is 54.2 Å². The Hall–Kier alpha value is -2.15. The molecule has 7 nitrogen and oxygen atoms in total. The van der Waals surface area contributed by atoms with E-state index in [-0.39, 0.29) is 24.0 Å². The molecule has 0 radical (unpaired) electrons. The summed E-state index contributed by atoms with van der Waals surface area (Å²) in [5.74, 6) is 0.314. The minimum Gasteiger partial charge on any atom is -0.376 e. The van der Waals surface area contributed by atoms with Crippen LogP contribution in [0.3, 0.4) is 0 Å². The molecule has 0 unspecified atom stereocenters. The first kappa shape index (κ1) is 17.7. The van der Waals surface area contributed by atoms with Crippen LogP contribution in [0.4, 0.5) is 10.6 Å². The Morgan fingerprint density at radius 3 is 3.00 bits per heavy atom. The molecule has 1 aromatic rings. The summed E-state index contributed by atoms with van der Waals surface area (Å²) in [4.78, 5) is 30.8. The molecule has 2 fully saturated rings. The van der Waals surface area contributed by atoms with Crippen LogP contribution < -0.4 is 10.6 Å². The van der Waals surface area contributed by atoms with E-state index >= 15 is 0 Å². The topological polar surface area (TPSA) is 83.6 Å². The maximum Gasteiger partial charge on any atom is 0.317 e. The number of anilines is 1. The van der Waals surface area contributed by atoms with Crippen molar-refractivity contribution in [1.82, 2.24) is 15.2 Å². The molecule has 2 N–H and O–H groups in total. The number of piperidine rings is 1. The third kappa shape index (κ3) is 4.69. The molecule has 3 heterocycles. The molecule has 7 heteroatoms. The lowest BCUT2D eigenvalue weighted by Gasteiger charge is -2.32. The maximum atomic E-state index is 12.5. The number of carbonyl (C=O) groups excluding carboxylic acids is 2. The third-order valence-corrected chi connectivity index (χ3v) is 4.84. The number of ether oxygens (including phenoxy) is 1. The summed E-state index contributed by atoms with van der Waals surface area (Å²) >= 11 is 0. The van der Waals surface area contributed by atoms with E-state index in [4.69, 9.17) is 4.74 Å². The number of carbonyl (C=O) groups is 2. The maximum absolute atomic E-state index is 12.5. The fraction of sp³-hybridized carbons (Fsp3) is 0.611. The van der Waals surface area contributed by atoms with Crippen LogP contribution in [0.15, 0.2) is 18.3 Å². The largest absolute Gasteiger partial charge is 0.376 e. The zero-order chi connectivity index (χ0) is 17.6. The highest BCUT2D eigenvalue weighted by Gasteiger charge is 2.29. The molecule has 2 atom stereocenters. The Kier molecular flexibility index (Phi) is 5.86. The number of hydrogen-bond donors (Lipinski definition) is 2. The van der Waals surface area contributed by atoms with Crippen LogP contribution in [0, 0.1) is 12.8 Å². The molecule has 0 aliphatic carbocycles. The minimum atomic E-state index is -0.205. The number of hydrogen-bond acceptors (Lipinski definition) is 4. The highest BCUT2D eigenvalue weighted by atomic mass is 16.5. The molecular formula is C18H26N4O3. The molecule has 0 spiro atoms. The molecule has 2 aliphatic heterocycles. The number of urea groups is 1. The number of likely N-dealkylation sites (tertiary alicyclic amines) is 1. The lowest BCUT2D eigenvalue weighted by atomic mass is 9.97. The Balaban J connectivity index is 1.50. The number of aryl methyl sites for hydroxylation is 1. The van der Waals surface area contributed by atoms with Gasteiger partial charge in [-0.15, -0.1) is 0 Å². The summed E-state index contributed by atoms with van der Waals surface area (Å²) in [5.41, 5.74) is 0.929. The first-order chi connectivity index (χ1) is 12.1. The summed E-state index contributed by atoms with van der Waals surface area (Å²) in [7, 11) is 0. The summed E-state index contributed by atoms with van der Waals surface area (Å²) in [6.07, 6.45) is 5.45. The van der Waals surface area contributed by atoms with Gasteiger partial charge >= 0.3 is 6.03 Å². The van der Waals surface area contributed by atoms with Crippen molar-refractivity contribution in [2.45, 2.75) is 38.7 Å². The highest BCUT2D eigenvalue weighted by molar-refractivity contribution is 5.92. The van der Waals surface area contributed by atoms with Gasteiger partial charge in [-0.3, -0.25) is 4.79 Å². The van der Waals surface area contributed by atoms with Crippen LogP contribution in [-0.2, 0) is 9.53 Å². The van der Waals surface area contributed by atoms with Crippen LogP contribution in [0.5, 0.6) is 0 Å². The Bertz CT molecular complexity index is 616. The molecule has 25 heavy (non-hydrogen) atoms. The van der Waals surface area contributed by atoms with E-state index in [9.17, 15) is 9.59 Å². The van der Waals surface area contributed by atoms with E-state index in [1.165, 1.54) is 0 Å². The second-order valence-electron chi connectivity index (χ2n) is 6.76. The van der Waals surface area contributed by atoms with Gasteiger partial charge in [0.05, 0.1) is 12.0 Å². The van der Waals surface area contributed by atoms with Gasteiger partial charge in [-0.2, -0.15) is 0 Å². The zero-order valence-electron chi connectivity index (χ0n) is 14.7. The van der Waals surface area contributed by atoms with Crippen molar-refractivity contribution in [3.05, 3.63) is 23.9 Å². The van der Waals surface area contributed by atoms with Crippen molar-refractivity contribution in [3.63, 3.8) is 0 Å². The van der Waals surface area contributed by atoms with Crippen molar-refractivity contribution in [2.75, 3.05) is 31.6 Å². The molecule has 2 aliphatic rings. The molecular weight excluding hydrogens is 320 g/mol.